The average molecular weight is 555 g/mol. The van der Waals surface area contributed by atoms with Crippen LogP contribution in [0, 0.1) is 17.3 Å². The minimum Gasteiger partial charge on any atom is -0.343 e. The van der Waals surface area contributed by atoms with Crippen molar-refractivity contribution in [1.82, 2.24) is 0 Å². The van der Waals surface area contributed by atoms with Gasteiger partial charge in [-0.25, -0.2) is 0 Å². The van der Waals surface area contributed by atoms with Gasteiger partial charge in [-0.3, -0.25) is 0 Å². The molecule has 12 unspecified atom stereocenters. The van der Waals surface area contributed by atoms with Crippen molar-refractivity contribution < 1.29 is 28.4 Å². The summed E-state index contributed by atoms with van der Waals surface area (Å²) in [5.41, 5.74) is -1.82. The van der Waals surface area contributed by atoms with Crippen molar-refractivity contribution in [3.8, 4) is 0 Å². The van der Waals surface area contributed by atoms with E-state index in [1.54, 1.807) is 0 Å². The fourth-order valence-corrected chi connectivity index (χ4v) is 13.1. The molecule has 0 aromatic heterocycles. The zero-order valence-electron chi connectivity index (χ0n) is 24.3. The quantitative estimate of drug-likeness (QED) is 0.396. The predicted molar refractivity (Wildman–Crippen MR) is 147 cm³/mol. The summed E-state index contributed by atoms with van der Waals surface area (Å²) in [4.78, 5) is 0. The summed E-state index contributed by atoms with van der Waals surface area (Å²) < 4.78 is 41.0. The van der Waals surface area contributed by atoms with Gasteiger partial charge in [0.1, 0.15) is 0 Å². The first-order chi connectivity index (χ1) is 16.7. The van der Waals surface area contributed by atoms with Crippen LogP contribution in [0.25, 0.3) is 0 Å². The van der Waals surface area contributed by atoms with Crippen LogP contribution in [0.4, 0.5) is 0 Å². The molecular formula is C29H48O6P2. The molecule has 14 atom stereocenters. The van der Waals surface area contributed by atoms with Crippen LogP contribution in [-0.4, -0.2) is 56.4 Å². The molecule has 0 spiro atoms. The lowest BCUT2D eigenvalue weighted by Crippen LogP contribution is -2.88. The zero-order chi connectivity index (χ0) is 26.9. The lowest BCUT2D eigenvalue weighted by molar-refractivity contribution is -0.550. The summed E-state index contributed by atoms with van der Waals surface area (Å²) in [5.74, 6) is -1.85. The first kappa shape index (κ1) is 26.5. The van der Waals surface area contributed by atoms with E-state index < -0.39 is 40.0 Å². The van der Waals surface area contributed by atoms with Crippen molar-refractivity contribution in [2.24, 2.45) is 17.3 Å². The maximum absolute atomic E-state index is 7.07. The van der Waals surface area contributed by atoms with Crippen molar-refractivity contribution in [3.05, 3.63) is 0 Å². The summed E-state index contributed by atoms with van der Waals surface area (Å²) in [6, 6.07) is 0. The minimum absolute atomic E-state index is 0.0119. The van der Waals surface area contributed by atoms with E-state index in [1.807, 2.05) is 0 Å². The van der Waals surface area contributed by atoms with E-state index in [2.05, 4.69) is 80.8 Å². The van der Waals surface area contributed by atoms with Gasteiger partial charge in [0.05, 0.1) is 28.1 Å². The molecule has 1 saturated carbocycles. The Bertz CT molecular complexity index is 1020. The zero-order valence-corrected chi connectivity index (χ0v) is 26.6. The Morgan fingerprint density at radius 2 is 1.05 bits per heavy atom. The van der Waals surface area contributed by atoms with Crippen molar-refractivity contribution in [2.75, 3.05) is 0 Å². The molecule has 6 nitrogen and oxygen atoms in total. The molecule has 37 heavy (non-hydrogen) atoms. The first-order valence-electron chi connectivity index (χ1n) is 14.5. The predicted octanol–water partition coefficient (Wildman–Crippen LogP) is 5.91. The van der Waals surface area contributed by atoms with E-state index in [9.17, 15) is 0 Å². The molecule has 0 radical (unpaired) electrons. The molecule has 9 aliphatic rings. The second-order valence-electron chi connectivity index (χ2n) is 15.4. The molecule has 0 aromatic rings. The topological polar surface area (TPSA) is 55.4 Å². The van der Waals surface area contributed by atoms with Crippen molar-refractivity contribution >= 4 is 18.5 Å². The van der Waals surface area contributed by atoms with E-state index in [1.165, 1.54) is 12.8 Å². The SMILES string of the molecule is CC12CC3(C)OC(C)(CC(C)(O1)C3(P)[C@H]1CCCC[C@H]1C1(C)C3(C)CC4(C)OC(C)(O3)C(P)C1(C)O4)O2. The van der Waals surface area contributed by atoms with Crippen LogP contribution in [0.2, 0.25) is 0 Å². The monoisotopic (exact) mass is 554 g/mol. The van der Waals surface area contributed by atoms with Gasteiger partial charge in [0.15, 0.2) is 23.1 Å². The van der Waals surface area contributed by atoms with Crippen molar-refractivity contribution in [2.45, 2.75) is 164 Å². The highest BCUT2D eigenvalue weighted by Gasteiger charge is 2.83. The lowest BCUT2D eigenvalue weighted by atomic mass is 9.43. The largest absolute Gasteiger partial charge is 0.343 e. The summed E-state index contributed by atoms with van der Waals surface area (Å²) in [6.45, 7) is 20.2. The standard InChI is InChI=1S/C29H48O6P2/c1-20-14-25(6)34-27(8,19(36)28(9,32-20)35-25)26(20,7)17-12-10-11-13-18(17)29(37)21(2)15-23(4)31-22(29,3)16-24(5,30-21)33-23/h17-19H,10-16,36-37H2,1-9H3/t17-,18+,19?,20?,21?,22?,23?,24?,25?,26?,27?,28?,29?/m1/s1. The van der Waals surface area contributed by atoms with Gasteiger partial charge in [0, 0.05) is 29.8 Å². The van der Waals surface area contributed by atoms with Crippen LogP contribution < -0.4 is 0 Å². The molecule has 1 aliphatic carbocycles. The Morgan fingerprint density at radius 1 is 0.568 bits per heavy atom. The molecular weight excluding hydrogens is 506 g/mol. The third-order valence-corrected chi connectivity index (χ3v) is 15.6. The number of ether oxygens (including phenoxy) is 6. The van der Waals surface area contributed by atoms with Crippen LogP contribution in [0.15, 0.2) is 0 Å². The average Bonchev–Trinajstić information content (AvgIpc) is 2.70. The summed E-state index contributed by atoms with van der Waals surface area (Å²) >= 11 is 0. The van der Waals surface area contributed by atoms with E-state index in [-0.39, 0.29) is 21.8 Å². The van der Waals surface area contributed by atoms with Gasteiger partial charge in [-0.15, -0.1) is 18.5 Å². The minimum atomic E-state index is -0.685. The van der Waals surface area contributed by atoms with E-state index in [0.717, 1.165) is 32.1 Å². The van der Waals surface area contributed by atoms with Gasteiger partial charge in [-0.2, -0.15) is 0 Å². The van der Waals surface area contributed by atoms with Crippen LogP contribution in [0.3, 0.4) is 0 Å². The van der Waals surface area contributed by atoms with Gasteiger partial charge in [0.25, 0.3) is 0 Å². The Labute approximate surface area is 227 Å². The fraction of sp³-hybridized carbons (Fsp3) is 1.00. The molecule has 8 heteroatoms. The number of hydrogen-bond donors (Lipinski definition) is 0. The molecule has 8 heterocycles. The second kappa shape index (κ2) is 6.81. The third kappa shape index (κ3) is 2.78. The van der Waals surface area contributed by atoms with Gasteiger partial charge in [0.2, 0.25) is 0 Å². The summed E-state index contributed by atoms with van der Waals surface area (Å²) in [7, 11) is 6.44. The molecule has 8 aliphatic heterocycles. The van der Waals surface area contributed by atoms with Gasteiger partial charge in [-0.1, -0.05) is 19.8 Å². The Morgan fingerprint density at radius 3 is 1.62 bits per heavy atom. The van der Waals surface area contributed by atoms with Gasteiger partial charge < -0.3 is 28.4 Å². The highest BCUT2D eigenvalue weighted by atomic mass is 31.0. The fourth-order valence-electron chi connectivity index (χ4n) is 11.8. The van der Waals surface area contributed by atoms with Crippen LogP contribution in [0.1, 0.15) is 107 Å². The normalized spacial score (nSPS) is 70.0. The van der Waals surface area contributed by atoms with Crippen LogP contribution in [0.5, 0.6) is 0 Å². The van der Waals surface area contributed by atoms with E-state index >= 15 is 0 Å². The molecule has 9 fully saturated rings. The Kier molecular flexibility index (Phi) is 4.88. The molecule has 210 valence electrons. The second-order valence-corrected chi connectivity index (χ2v) is 17.0. The molecule has 0 amide bonds. The summed E-state index contributed by atoms with van der Waals surface area (Å²) in [6.07, 6.45) is 6.94. The van der Waals surface area contributed by atoms with Crippen molar-refractivity contribution in [1.29, 1.82) is 0 Å². The van der Waals surface area contributed by atoms with E-state index in [4.69, 9.17) is 28.4 Å². The third-order valence-electron chi connectivity index (χ3n) is 12.7. The lowest BCUT2D eigenvalue weighted by Gasteiger charge is -2.80. The summed E-state index contributed by atoms with van der Waals surface area (Å²) in [5, 5.41) is -0.279. The molecule has 8 saturated heterocycles. The number of hydrogen-bond acceptors (Lipinski definition) is 6. The molecule has 0 N–H and O–H groups in total. The Hall–Kier alpha value is 0.620. The first-order valence-corrected chi connectivity index (χ1v) is 15.7. The maximum atomic E-state index is 7.07. The Balaban J connectivity index is 1.39. The van der Waals surface area contributed by atoms with Gasteiger partial charge >= 0.3 is 0 Å². The van der Waals surface area contributed by atoms with E-state index in [0.29, 0.717) is 11.8 Å². The van der Waals surface area contributed by atoms with Crippen LogP contribution in [-0.2, 0) is 28.4 Å². The molecule has 0 aromatic carbocycles. The molecule has 9 rings (SSSR count). The van der Waals surface area contributed by atoms with Gasteiger partial charge in [-0.05, 0) is 80.1 Å². The molecule has 8 bridgehead atoms. The van der Waals surface area contributed by atoms with Crippen molar-refractivity contribution in [3.63, 3.8) is 0 Å². The highest BCUT2D eigenvalue weighted by Crippen LogP contribution is 2.76. The van der Waals surface area contributed by atoms with Crippen LogP contribution >= 0.6 is 18.5 Å². The maximum Gasteiger partial charge on any atom is 0.178 e. The highest BCUT2D eigenvalue weighted by molar-refractivity contribution is 7.19. The number of rotatable bonds is 2. The smallest absolute Gasteiger partial charge is 0.178 e.